The lowest BCUT2D eigenvalue weighted by Crippen LogP contribution is -2.54. The second kappa shape index (κ2) is 5.22. The third-order valence-electron chi connectivity index (χ3n) is 3.83. The molecule has 0 aliphatic carbocycles. The molecule has 0 unspecified atom stereocenters. The quantitative estimate of drug-likeness (QED) is 0.720. The molecule has 0 spiro atoms. The zero-order chi connectivity index (χ0) is 12.5. The van der Waals surface area contributed by atoms with Gasteiger partial charge in [0, 0.05) is 38.8 Å². The maximum absolute atomic E-state index is 12.5. The highest BCUT2D eigenvalue weighted by Gasteiger charge is 2.35. The molecule has 17 heavy (non-hydrogen) atoms. The second-order valence-electron chi connectivity index (χ2n) is 5.17. The Kier molecular flexibility index (Phi) is 4.07. The lowest BCUT2D eigenvalue weighted by atomic mass is 10.1. The molecule has 2 aliphatic rings. The van der Waals surface area contributed by atoms with Gasteiger partial charge < -0.3 is 4.90 Å². The molecule has 6 heteroatoms. The first-order valence-electron chi connectivity index (χ1n) is 6.47. The predicted molar refractivity (Wildman–Crippen MR) is 68.0 cm³/mol. The van der Waals surface area contributed by atoms with Crippen molar-refractivity contribution in [1.29, 1.82) is 0 Å². The smallest absolute Gasteiger partial charge is 0.282 e. The van der Waals surface area contributed by atoms with Crippen LogP contribution in [0.2, 0.25) is 0 Å². The summed E-state index contributed by atoms with van der Waals surface area (Å²) in [6.45, 7) is 5.63. The summed E-state index contributed by atoms with van der Waals surface area (Å²) in [5.74, 6) is 0. The van der Waals surface area contributed by atoms with Crippen LogP contribution in [0.25, 0.3) is 0 Å². The van der Waals surface area contributed by atoms with Crippen molar-refractivity contribution in [3.05, 3.63) is 0 Å². The van der Waals surface area contributed by atoms with Crippen molar-refractivity contribution in [2.75, 3.05) is 39.8 Å². The molecular formula is C11H23N3O2S. The van der Waals surface area contributed by atoms with E-state index in [1.165, 1.54) is 0 Å². The second-order valence-corrected chi connectivity index (χ2v) is 7.05. The van der Waals surface area contributed by atoms with Crippen molar-refractivity contribution < 1.29 is 8.42 Å². The molecular weight excluding hydrogens is 238 g/mol. The summed E-state index contributed by atoms with van der Waals surface area (Å²) in [6.07, 6.45) is 3.14. The van der Waals surface area contributed by atoms with Crippen LogP contribution in [0.15, 0.2) is 0 Å². The molecule has 0 saturated carbocycles. The largest absolute Gasteiger partial charge is 0.304 e. The highest BCUT2D eigenvalue weighted by Crippen LogP contribution is 2.22. The number of hydrogen-bond acceptors (Lipinski definition) is 3. The summed E-state index contributed by atoms with van der Waals surface area (Å²) in [6, 6.07) is 0.161. The molecule has 0 aromatic carbocycles. The standard InChI is InChI=1S/C11H23N3O2S/c1-11-5-3-4-6-14(11)17(15,16)13-9-7-12(2)8-10-13/h11H,3-10H2,1-2H3/t11-/m0/s1. The van der Waals surface area contributed by atoms with Gasteiger partial charge in [0.15, 0.2) is 0 Å². The fraction of sp³-hybridized carbons (Fsp3) is 1.00. The summed E-state index contributed by atoms with van der Waals surface area (Å²) in [7, 11) is -1.18. The predicted octanol–water partition coefficient (Wildman–Crippen LogP) is 0.353. The van der Waals surface area contributed by atoms with E-state index in [1.54, 1.807) is 8.61 Å². The summed E-state index contributed by atoms with van der Waals surface area (Å²) in [5, 5.41) is 0. The third kappa shape index (κ3) is 2.81. The molecule has 2 aliphatic heterocycles. The van der Waals surface area contributed by atoms with Crippen molar-refractivity contribution in [3.8, 4) is 0 Å². The molecule has 0 radical (unpaired) electrons. The van der Waals surface area contributed by atoms with Crippen molar-refractivity contribution in [3.63, 3.8) is 0 Å². The van der Waals surface area contributed by atoms with Crippen LogP contribution >= 0.6 is 0 Å². The highest BCUT2D eigenvalue weighted by molar-refractivity contribution is 7.86. The Bertz CT molecular complexity index is 350. The molecule has 2 saturated heterocycles. The van der Waals surface area contributed by atoms with Crippen molar-refractivity contribution in [1.82, 2.24) is 13.5 Å². The zero-order valence-corrected chi connectivity index (χ0v) is 11.6. The maximum atomic E-state index is 12.5. The van der Waals surface area contributed by atoms with Gasteiger partial charge >= 0.3 is 0 Å². The summed E-state index contributed by atoms with van der Waals surface area (Å²) in [4.78, 5) is 2.17. The minimum atomic E-state index is -3.22. The maximum Gasteiger partial charge on any atom is 0.282 e. The van der Waals surface area contributed by atoms with Gasteiger partial charge in [-0.05, 0) is 26.8 Å². The first kappa shape index (κ1) is 13.3. The summed E-state index contributed by atoms with van der Waals surface area (Å²) in [5.41, 5.74) is 0. The lowest BCUT2D eigenvalue weighted by Gasteiger charge is -2.39. The van der Waals surface area contributed by atoms with Crippen LogP contribution in [-0.2, 0) is 10.2 Å². The number of piperazine rings is 1. The molecule has 0 aromatic heterocycles. The molecule has 0 bridgehead atoms. The Morgan fingerprint density at radius 3 is 2.24 bits per heavy atom. The van der Waals surface area contributed by atoms with Crippen LogP contribution in [0, 0.1) is 0 Å². The van der Waals surface area contributed by atoms with E-state index in [0.717, 1.165) is 32.4 Å². The molecule has 5 nitrogen and oxygen atoms in total. The summed E-state index contributed by atoms with van der Waals surface area (Å²) < 4.78 is 28.3. The van der Waals surface area contributed by atoms with E-state index in [0.29, 0.717) is 19.6 Å². The van der Waals surface area contributed by atoms with Crippen LogP contribution in [0.5, 0.6) is 0 Å². The number of piperidine rings is 1. The molecule has 2 fully saturated rings. The number of nitrogens with zero attached hydrogens (tertiary/aromatic N) is 3. The van der Waals surface area contributed by atoms with Gasteiger partial charge in [0.25, 0.3) is 10.2 Å². The van der Waals surface area contributed by atoms with Gasteiger partial charge in [-0.3, -0.25) is 0 Å². The van der Waals surface area contributed by atoms with Gasteiger partial charge in [-0.2, -0.15) is 17.0 Å². The van der Waals surface area contributed by atoms with E-state index < -0.39 is 10.2 Å². The minimum Gasteiger partial charge on any atom is -0.304 e. The topological polar surface area (TPSA) is 43.9 Å². The van der Waals surface area contributed by atoms with E-state index in [1.807, 2.05) is 14.0 Å². The molecule has 100 valence electrons. The zero-order valence-electron chi connectivity index (χ0n) is 10.8. The molecule has 1 atom stereocenters. The summed E-state index contributed by atoms with van der Waals surface area (Å²) >= 11 is 0. The Labute approximate surface area is 105 Å². The lowest BCUT2D eigenvalue weighted by molar-refractivity contribution is 0.195. The SMILES string of the molecule is C[C@H]1CCCCN1S(=O)(=O)N1CCN(C)CC1. The van der Waals surface area contributed by atoms with Crippen molar-refractivity contribution in [2.24, 2.45) is 0 Å². The first-order valence-corrected chi connectivity index (χ1v) is 7.87. The van der Waals surface area contributed by atoms with Crippen LogP contribution in [0.1, 0.15) is 26.2 Å². The van der Waals surface area contributed by atoms with Gasteiger partial charge in [-0.1, -0.05) is 6.42 Å². The number of rotatable bonds is 2. The highest BCUT2D eigenvalue weighted by atomic mass is 32.2. The number of likely N-dealkylation sites (N-methyl/N-ethyl adjacent to an activating group) is 1. The minimum absolute atomic E-state index is 0.161. The third-order valence-corrected chi connectivity index (χ3v) is 5.98. The molecule has 2 heterocycles. The van der Waals surface area contributed by atoms with E-state index in [9.17, 15) is 8.42 Å². The van der Waals surface area contributed by atoms with Gasteiger partial charge in [0.1, 0.15) is 0 Å². The fourth-order valence-corrected chi connectivity index (χ4v) is 4.42. The van der Waals surface area contributed by atoms with Gasteiger partial charge in [-0.25, -0.2) is 0 Å². The Hall–Kier alpha value is -0.170. The van der Waals surface area contributed by atoms with Crippen LogP contribution in [0.4, 0.5) is 0 Å². The number of hydrogen-bond donors (Lipinski definition) is 0. The molecule has 0 N–H and O–H groups in total. The normalized spacial score (nSPS) is 30.6. The van der Waals surface area contributed by atoms with Gasteiger partial charge in [0.05, 0.1) is 0 Å². The molecule has 2 rings (SSSR count). The van der Waals surface area contributed by atoms with E-state index in [4.69, 9.17) is 0 Å². The van der Waals surface area contributed by atoms with Crippen LogP contribution < -0.4 is 0 Å². The Balaban J connectivity index is 2.07. The van der Waals surface area contributed by atoms with E-state index in [-0.39, 0.29) is 6.04 Å². The Morgan fingerprint density at radius 2 is 1.65 bits per heavy atom. The first-order chi connectivity index (χ1) is 8.01. The van der Waals surface area contributed by atoms with Crippen LogP contribution in [0.3, 0.4) is 0 Å². The van der Waals surface area contributed by atoms with E-state index >= 15 is 0 Å². The van der Waals surface area contributed by atoms with Crippen LogP contribution in [-0.4, -0.2) is 67.7 Å². The van der Waals surface area contributed by atoms with Gasteiger partial charge in [-0.15, -0.1) is 0 Å². The molecule has 0 amide bonds. The van der Waals surface area contributed by atoms with Crippen molar-refractivity contribution in [2.45, 2.75) is 32.2 Å². The monoisotopic (exact) mass is 261 g/mol. The fourth-order valence-electron chi connectivity index (χ4n) is 2.58. The van der Waals surface area contributed by atoms with E-state index in [2.05, 4.69) is 4.90 Å². The average molecular weight is 261 g/mol. The average Bonchev–Trinajstić information content (AvgIpc) is 2.30. The van der Waals surface area contributed by atoms with Crippen molar-refractivity contribution >= 4 is 10.2 Å². The molecule has 0 aromatic rings. The Morgan fingerprint density at radius 1 is 1.00 bits per heavy atom. The van der Waals surface area contributed by atoms with Gasteiger partial charge in [0.2, 0.25) is 0 Å².